The number of anilines is 6. The van der Waals surface area contributed by atoms with Crippen LogP contribution in [0.25, 0.3) is 109 Å². The number of benzene rings is 11. The highest BCUT2D eigenvalue weighted by molar-refractivity contribution is 6.19. The molecule has 0 saturated carbocycles. The summed E-state index contributed by atoms with van der Waals surface area (Å²) in [7, 11) is 0. The van der Waals surface area contributed by atoms with Crippen molar-refractivity contribution in [2.45, 2.75) is 0 Å². The van der Waals surface area contributed by atoms with Crippen LogP contribution in [-0.2, 0) is 0 Å². The molecule has 4 aromatic heterocycles. The maximum absolute atomic E-state index is 17.1. The van der Waals surface area contributed by atoms with Gasteiger partial charge >= 0.3 is 0 Å². The fraction of sp³-hybridized carbons (Fsp3) is 0. The van der Waals surface area contributed by atoms with Crippen LogP contribution in [0.1, 0.15) is 0 Å². The lowest BCUT2D eigenvalue weighted by Crippen LogP contribution is -2.10. The third-order valence-corrected chi connectivity index (χ3v) is 13.8. The Kier molecular flexibility index (Phi) is 7.86. The molecule has 0 spiro atoms. The van der Waals surface area contributed by atoms with Gasteiger partial charge in [-0.25, -0.2) is 4.39 Å². The van der Waals surface area contributed by atoms with E-state index in [-0.39, 0.29) is 5.58 Å². The van der Waals surface area contributed by atoms with Crippen molar-refractivity contribution in [3.8, 4) is 0 Å². The molecule has 0 aliphatic carbocycles. The summed E-state index contributed by atoms with van der Waals surface area (Å²) in [4.78, 5) is 4.44. The van der Waals surface area contributed by atoms with E-state index in [0.717, 1.165) is 105 Å². The van der Waals surface area contributed by atoms with Gasteiger partial charge in [-0.1, -0.05) is 109 Å². The maximum atomic E-state index is 17.1. The summed E-state index contributed by atoms with van der Waals surface area (Å²) in [6, 6.07) is 72.2. The van der Waals surface area contributed by atoms with Gasteiger partial charge in [0.15, 0.2) is 22.6 Å². The molecule has 0 fully saturated rings. The van der Waals surface area contributed by atoms with Crippen LogP contribution in [0.2, 0.25) is 0 Å². The van der Waals surface area contributed by atoms with Crippen LogP contribution in [0.3, 0.4) is 0 Å². The van der Waals surface area contributed by atoms with Gasteiger partial charge in [-0.2, -0.15) is 0 Å². The topological polar surface area (TPSA) is 59.0 Å². The second-order valence-corrected chi connectivity index (χ2v) is 17.8. The number of furan rings is 4. The average molecular weight is 891 g/mol. The van der Waals surface area contributed by atoms with Crippen molar-refractivity contribution in [3.05, 3.63) is 218 Å². The minimum atomic E-state index is -0.443. The van der Waals surface area contributed by atoms with Crippen molar-refractivity contribution < 1.29 is 22.1 Å². The number of para-hydroxylation sites is 6. The summed E-state index contributed by atoms with van der Waals surface area (Å²) >= 11 is 0. The highest BCUT2D eigenvalue weighted by atomic mass is 19.1. The first-order valence-electron chi connectivity index (χ1n) is 23.0. The van der Waals surface area contributed by atoms with Crippen LogP contribution in [-0.4, -0.2) is 0 Å². The normalized spacial score (nSPS) is 12.1. The number of rotatable bonds is 6. The molecule has 15 aromatic rings. The Labute approximate surface area is 391 Å². The van der Waals surface area contributed by atoms with Gasteiger partial charge in [0, 0.05) is 60.5 Å². The predicted octanol–water partition coefficient (Wildman–Crippen LogP) is 18.7. The first-order chi connectivity index (χ1) is 34.1. The van der Waals surface area contributed by atoms with E-state index in [1.807, 2.05) is 97.1 Å². The zero-order valence-corrected chi connectivity index (χ0v) is 36.6. The lowest BCUT2D eigenvalue weighted by atomic mass is 10.0. The molecule has 4 heterocycles. The first kappa shape index (κ1) is 37.8. The van der Waals surface area contributed by atoms with Crippen molar-refractivity contribution >= 4 is 143 Å². The Bertz CT molecular complexity index is 4410. The standard InChI is InChI=1S/C62H35FN2O4/c63-59-58-50-32-37-26-28-43(65(41-15-5-2-6-16-41)52-22-12-20-47-45-18-8-10-24-54(45)68-61(47)52)30-39(37)34-56(50)66-57(58)35-49-48-31-36-25-27-42(29-38(36)33-55(48)69-62(49)59)64(40-13-3-1-4-14-40)51-21-11-19-46-44-17-7-9-23-53(44)67-60(46)51/h1-35H. The molecule has 6 nitrogen and oxygen atoms in total. The zero-order chi connectivity index (χ0) is 45.3. The van der Waals surface area contributed by atoms with E-state index in [4.69, 9.17) is 17.7 Å². The monoisotopic (exact) mass is 890 g/mol. The Morgan fingerprint density at radius 1 is 0.275 bits per heavy atom. The molecule has 7 heteroatoms. The largest absolute Gasteiger partial charge is 0.456 e. The highest BCUT2D eigenvalue weighted by Gasteiger charge is 2.24. The Balaban J connectivity index is 0.848. The average Bonchev–Trinajstić information content (AvgIpc) is 4.17. The van der Waals surface area contributed by atoms with Gasteiger partial charge in [-0.3, -0.25) is 0 Å². The molecule has 0 radical (unpaired) electrons. The van der Waals surface area contributed by atoms with Crippen LogP contribution >= 0.6 is 0 Å². The number of nitrogens with zero attached hydrogens (tertiary/aromatic N) is 2. The number of hydrogen-bond donors (Lipinski definition) is 0. The summed E-state index contributed by atoms with van der Waals surface area (Å²) < 4.78 is 43.2. The molecule has 0 amide bonds. The van der Waals surface area contributed by atoms with Gasteiger partial charge in [-0.15, -0.1) is 0 Å². The molecule has 0 bridgehead atoms. The third kappa shape index (κ3) is 5.65. The fourth-order valence-electron chi connectivity index (χ4n) is 10.7. The summed E-state index contributed by atoms with van der Waals surface area (Å²) in [6.45, 7) is 0. The van der Waals surface area contributed by atoms with E-state index in [2.05, 4.69) is 125 Å². The van der Waals surface area contributed by atoms with E-state index in [1.165, 1.54) is 0 Å². The van der Waals surface area contributed by atoms with Gasteiger partial charge in [0.25, 0.3) is 0 Å². The quantitative estimate of drug-likeness (QED) is 0.166. The Hall–Kier alpha value is -9.33. The minimum Gasteiger partial charge on any atom is -0.456 e. The molecular formula is C62H35FN2O4. The van der Waals surface area contributed by atoms with Gasteiger partial charge < -0.3 is 27.5 Å². The molecule has 15 rings (SSSR count). The van der Waals surface area contributed by atoms with Crippen molar-refractivity contribution in [2.24, 2.45) is 0 Å². The number of hydrogen-bond acceptors (Lipinski definition) is 6. The number of fused-ring (bicyclic) bond motifs is 14. The maximum Gasteiger partial charge on any atom is 0.178 e. The molecule has 11 aromatic carbocycles. The summed E-state index contributed by atoms with van der Waals surface area (Å²) in [6.07, 6.45) is 0. The molecule has 0 atom stereocenters. The van der Waals surface area contributed by atoms with Crippen molar-refractivity contribution in [2.75, 3.05) is 9.80 Å². The Morgan fingerprint density at radius 2 is 0.754 bits per heavy atom. The molecule has 0 saturated heterocycles. The van der Waals surface area contributed by atoms with Gasteiger partial charge in [0.05, 0.1) is 16.8 Å². The second-order valence-electron chi connectivity index (χ2n) is 17.8. The van der Waals surface area contributed by atoms with Crippen LogP contribution < -0.4 is 9.80 Å². The summed E-state index contributed by atoms with van der Waals surface area (Å²) in [5.74, 6) is -0.443. The van der Waals surface area contributed by atoms with Gasteiger partial charge in [-0.05, 0) is 125 Å². The second kappa shape index (κ2) is 14.3. The molecule has 0 unspecified atom stereocenters. The molecule has 0 N–H and O–H groups in total. The fourth-order valence-corrected chi connectivity index (χ4v) is 10.7. The van der Waals surface area contributed by atoms with Gasteiger partial charge in [0.2, 0.25) is 0 Å². The lowest BCUT2D eigenvalue weighted by molar-refractivity contribution is 0.590. The minimum absolute atomic E-state index is 0.201. The predicted molar refractivity (Wildman–Crippen MR) is 280 cm³/mol. The SMILES string of the molecule is Fc1c2oc3cc4cc(N(c5ccccc5)c5cccc6c5oc5ccccc56)ccc4cc3c2cc2oc3cc4cc(N(c5ccccc5)c5cccc6c5oc5ccccc56)ccc4cc3c12. The smallest absolute Gasteiger partial charge is 0.178 e. The van der Waals surface area contributed by atoms with Crippen LogP contribution in [0.5, 0.6) is 0 Å². The van der Waals surface area contributed by atoms with Crippen molar-refractivity contribution in [3.63, 3.8) is 0 Å². The highest BCUT2D eigenvalue weighted by Crippen LogP contribution is 2.47. The Morgan fingerprint density at radius 3 is 1.32 bits per heavy atom. The van der Waals surface area contributed by atoms with E-state index < -0.39 is 5.82 Å². The van der Waals surface area contributed by atoms with Gasteiger partial charge in [0.1, 0.15) is 27.9 Å². The van der Waals surface area contributed by atoms with Crippen molar-refractivity contribution in [1.82, 2.24) is 0 Å². The lowest BCUT2D eigenvalue weighted by Gasteiger charge is -2.25. The molecular weight excluding hydrogens is 856 g/mol. The van der Waals surface area contributed by atoms with Crippen LogP contribution in [0.15, 0.2) is 230 Å². The summed E-state index contributed by atoms with van der Waals surface area (Å²) in [5, 5.41) is 10.7. The molecule has 324 valence electrons. The molecule has 0 aliphatic rings. The van der Waals surface area contributed by atoms with E-state index in [9.17, 15) is 0 Å². The molecule has 69 heavy (non-hydrogen) atoms. The van der Waals surface area contributed by atoms with E-state index in [1.54, 1.807) is 0 Å². The molecule has 0 aliphatic heterocycles. The third-order valence-electron chi connectivity index (χ3n) is 13.8. The first-order valence-corrected chi connectivity index (χ1v) is 23.0. The van der Waals surface area contributed by atoms with E-state index in [0.29, 0.717) is 32.9 Å². The van der Waals surface area contributed by atoms with Crippen molar-refractivity contribution in [1.29, 1.82) is 0 Å². The zero-order valence-electron chi connectivity index (χ0n) is 36.6. The van der Waals surface area contributed by atoms with E-state index >= 15 is 4.39 Å². The van der Waals surface area contributed by atoms with Crippen LogP contribution in [0.4, 0.5) is 38.5 Å². The summed E-state index contributed by atoms with van der Waals surface area (Å²) in [5.41, 5.74) is 10.9. The number of halogens is 1. The van der Waals surface area contributed by atoms with Crippen LogP contribution in [0, 0.1) is 5.82 Å².